The van der Waals surface area contributed by atoms with Crippen LogP contribution in [0.2, 0.25) is 0 Å². The maximum absolute atomic E-state index is 12.4. The van der Waals surface area contributed by atoms with E-state index in [4.69, 9.17) is 9.47 Å². The summed E-state index contributed by atoms with van der Waals surface area (Å²) in [5.41, 5.74) is 2.90. The van der Waals surface area contributed by atoms with Crippen molar-refractivity contribution in [1.29, 1.82) is 0 Å². The first kappa shape index (κ1) is 19.4. The summed E-state index contributed by atoms with van der Waals surface area (Å²) in [7, 11) is 0. The van der Waals surface area contributed by atoms with Gasteiger partial charge in [0.2, 0.25) is 0 Å². The van der Waals surface area contributed by atoms with Crippen LogP contribution < -0.4 is 19.7 Å². The fourth-order valence-corrected chi connectivity index (χ4v) is 3.12. The van der Waals surface area contributed by atoms with E-state index in [1.807, 2.05) is 31.2 Å². The van der Waals surface area contributed by atoms with Crippen molar-refractivity contribution in [1.82, 2.24) is 4.98 Å². The topological polar surface area (TPSA) is 80.8 Å². The first-order valence-corrected chi connectivity index (χ1v) is 9.58. The number of hydrogen-bond donors (Lipinski definition) is 1. The van der Waals surface area contributed by atoms with Crippen molar-refractivity contribution in [2.24, 2.45) is 0 Å². The highest BCUT2D eigenvalue weighted by Gasteiger charge is 2.26. The van der Waals surface area contributed by atoms with Crippen molar-refractivity contribution >= 4 is 23.2 Å². The summed E-state index contributed by atoms with van der Waals surface area (Å²) in [5.74, 6) is 0.921. The summed E-state index contributed by atoms with van der Waals surface area (Å²) in [5, 5.41) is 2.83. The average Bonchev–Trinajstić information content (AvgIpc) is 2.77. The summed E-state index contributed by atoms with van der Waals surface area (Å²) >= 11 is 0. The van der Waals surface area contributed by atoms with E-state index in [2.05, 4.69) is 10.3 Å². The number of carbonyl (C=O) groups excluding carboxylic acids is 2. The lowest BCUT2D eigenvalue weighted by atomic mass is 10.2. The molecule has 7 heteroatoms. The molecule has 4 rings (SSSR count). The fraction of sp³-hybridized carbons (Fsp3) is 0.174. The zero-order valence-corrected chi connectivity index (χ0v) is 16.5. The number of nitrogens with zero attached hydrogens (tertiary/aromatic N) is 2. The van der Waals surface area contributed by atoms with Gasteiger partial charge in [0.05, 0.1) is 12.2 Å². The van der Waals surface area contributed by atoms with Gasteiger partial charge in [-0.05, 0) is 43.3 Å². The van der Waals surface area contributed by atoms with Gasteiger partial charge in [0.15, 0.2) is 6.61 Å². The second-order valence-corrected chi connectivity index (χ2v) is 6.87. The number of fused-ring (bicyclic) bond motifs is 1. The van der Waals surface area contributed by atoms with Gasteiger partial charge in [0, 0.05) is 29.7 Å². The molecule has 1 aliphatic heterocycles. The lowest BCUT2D eigenvalue weighted by Gasteiger charge is -2.29. The lowest BCUT2D eigenvalue weighted by Crippen LogP contribution is -2.41. The number of anilines is 2. The van der Waals surface area contributed by atoms with Crippen LogP contribution in [0.4, 0.5) is 11.4 Å². The van der Waals surface area contributed by atoms with Crippen molar-refractivity contribution in [3.63, 3.8) is 0 Å². The zero-order chi connectivity index (χ0) is 20.9. The summed E-state index contributed by atoms with van der Waals surface area (Å²) < 4.78 is 11.3. The van der Waals surface area contributed by atoms with Gasteiger partial charge in [-0.2, -0.15) is 0 Å². The van der Waals surface area contributed by atoms with Crippen LogP contribution >= 0.6 is 0 Å². The van der Waals surface area contributed by atoms with Gasteiger partial charge in [0.1, 0.15) is 18.1 Å². The molecule has 1 aliphatic rings. The highest BCUT2D eigenvalue weighted by atomic mass is 16.5. The van der Waals surface area contributed by atoms with Crippen LogP contribution in [0.3, 0.4) is 0 Å². The van der Waals surface area contributed by atoms with Gasteiger partial charge in [-0.25, -0.2) is 0 Å². The third-order valence-corrected chi connectivity index (χ3v) is 4.71. The Morgan fingerprint density at radius 3 is 2.67 bits per heavy atom. The predicted octanol–water partition coefficient (Wildman–Crippen LogP) is 3.45. The van der Waals surface area contributed by atoms with Crippen LogP contribution in [0.1, 0.15) is 15.9 Å². The maximum atomic E-state index is 12.4. The number of ether oxygens (including phenoxy) is 2. The molecule has 0 atom stereocenters. The standard InChI is InChI=1S/C23H21N3O4/c1-16-2-5-19(6-3-16)29-13-12-26-20-7-4-18(14-21(20)30-15-22(26)27)25-23(28)17-8-10-24-11-9-17/h2-11,14H,12-13,15H2,1H3,(H,25,28). The molecular formula is C23H21N3O4. The third kappa shape index (κ3) is 4.41. The number of carbonyl (C=O) groups is 2. The van der Waals surface area contributed by atoms with E-state index in [0.717, 1.165) is 11.3 Å². The Labute approximate surface area is 174 Å². The lowest BCUT2D eigenvalue weighted by molar-refractivity contribution is -0.121. The van der Waals surface area contributed by atoms with Crippen LogP contribution in [-0.4, -0.2) is 36.6 Å². The number of nitrogens with one attached hydrogen (secondary N) is 1. The molecule has 2 amide bonds. The number of rotatable bonds is 6. The largest absolute Gasteiger partial charge is 0.492 e. The van der Waals surface area contributed by atoms with Crippen LogP contribution in [0.15, 0.2) is 67.0 Å². The molecule has 0 saturated carbocycles. The summed E-state index contributed by atoms with van der Waals surface area (Å²) in [6.07, 6.45) is 3.13. The minimum absolute atomic E-state index is 0.0563. The number of benzene rings is 2. The Bertz CT molecular complexity index is 1050. The number of aromatic nitrogens is 1. The van der Waals surface area contributed by atoms with Gasteiger partial charge in [-0.3, -0.25) is 14.6 Å². The number of amides is 2. The number of pyridine rings is 1. The van der Waals surface area contributed by atoms with E-state index < -0.39 is 0 Å². The van der Waals surface area contributed by atoms with Gasteiger partial charge in [-0.1, -0.05) is 17.7 Å². The Morgan fingerprint density at radius 2 is 1.90 bits per heavy atom. The van der Waals surface area contributed by atoms with Crippen molar-refractivity contribution < 1.29 is 19.1 Å². The van der Waals surface area contributed by atoms with Gasteiger partial charge in [0.25, 0.3) is 11.8 Å². The van der Waals surface area contributed by atoms with Gasteiger partial charge < -0.3 is 19.7 Å². The highest BCUT2D eigenvalue weighted by Crippen LogP contribution is 2.34. The monoisotopic (exact) mass is 403 g/mol. The zero-order valence-electron chi connectivity index (χ0n) is 16.5. The van der Waals surface area contributed by atoms with E-state index in [9.17, 15) is 9.59 Å². The molecule has 0 spiro atoms. The molecule has 0 radical (unpaired) electrons. The van der Waals surface area contributed by atoms with Gasteiger partial charge in [-0.15, -0.1) is 0 Å². The quantitative estimate of drug-likeness (QED) is 0.682. The molecule has 0 aliphatic carbocycles. The molecular weight excluding hydrogens is 382 g/mol. The Balaban J connectivity index is 1.43. The van der Waals surface area contributed by atoms with Crippen LogP contribution in [0.5, 0.6) is 11.5 Å². The summed E-state index contributed by atoms with van der Waals surface area (Å²) in [6, 6.07) is 16.3. The number of aryl methyl sites for hydroxylation is 1. The van der Waals surface area contributed by atoms with Crippen LogP contribution in [0.25, 0.3) is 0 Å². The molecule has 2 heterocycles. The first-order valence-electron chi connectivity index (χ1n) is 9.58. The average molecular weight is 403 g/mol. The molecule has 0 bridgehead atoms. The molecule has 1 N–H and O–H groups in total. The summed E-state index contributed by atoms with van der Waals surface area (Å²) in [4.78, 5) is 30.2. The third-order valence-electron chi connectivity index (χ3n) is 4.71. The molecule has 2 aromatic carbocycles. The normalized spacial score (nSPS) is 12.7. The predicted molar refractivity (Wildman–Crippen MR) is 113 cm³/mol. The van der Waals surface area contributed by atoms with Crippen molar-refractivity contribution in [2.45, 2.75) is 6.92 Å². The molecule has 7 nitrogen and oxygen atoms in total. The molecule has 3 aromatic rings. The van der Waals surface area contributed by atoms with E-state index in [0.29, 0.717) is 35.8 Å². The highest BCUT2D eigenvalue weighted by molar-refractivity contribution is 6.05. The van der Waals surface area contributed by atoms with E-state index >= 15 is 0 Å². The van der Waals surface area contributed by atoms with Crippen molar-refractivity contribution in [3.8, 4) is 11.5 Å². The second kappa shape index (κ2) is 8.65. The minimum atomic E-state index is -0.243. The SMILES string of the molecule is Cc1ccc(OCCN2C(=O)COc3cc(NC(=O)c4ccncc4)ccc32)cc1. The Kier molecular flexibility index (Phi) is 5.61. The molecule has 0 saturated heterocycles. The first-order chi connectivity index (χ1) is 14.6. The second-order valence-electron chi connectivity index (χ2n) is 6.87. The van der Waals surface area contributed by atoms with Crippen molar-refractivity contribution in [3.05, 3.63) is 78.1 Å². The molecule has 152 valence electrons. The molecule has 30 heavy (non-hydrogen) atoms. The van der Waals surface area contributed by atoms with E-state index in [-0.39, 0.29) is 18.4 Å². The van der Waals surface area contributed by atoms with E-state index in [1.54, 1.807) is 47.6 Å². The Morgan fingerprint density at radius 1 is 1.13 bits per heavy atom. The van der Waals surface area contributed by atoms with Gasteiger partial charge >= 0.3 is 0 Å². The minimum Gasteiger partial charge on any atom is -0.492 e. The summed E-state index contributed by atoms with van der Waals surface area (Å²) in [6.45, 7) is 2.71. The van der Waals surface area contributed by atoms with Crippen LogP contribution in [-0.2, 0) is 4.79 Å². The van der Waals surface area contributed by atoms with E-state index in [1.165, 1.54) is 0 Å². The van der Waals surface area contributed by atoms with Crippen LogP contribution in [0, 0.1) is 6.92 Å². The smallest absolute Gasteiger partial charge is 0.265 e. The molecule has 1 aromatic heterocycles. The van der Waals surface area contributed by atoms with Crippen molar-refractivity contribution in [2.75, 3.05) is 30.0 Å². The number of hydrogen-bond acceptors (Lipinski definition) is 5. The molecule has 0 fully saturated rings. The fourth-order valence-electron chi connectivity index (χ4n) is 3.12. The molecule has 0 unspecified atom stereocenters. The Hall–Kier alpha value is -3.87. The maximum Gasteiger partial charge on any atom is 0.265 e.